The molecule has 15 heavy (non-hydrogen) atoms. The van der Waals surface area contributed by atoms with E-state index in [0.717, 1.165) is 10.0 Å². The van der Waals surface area contributed by atoms with E-state index in [2.05, 4.69) is 15.9 Å². The number of primary sulfonamides is 1. The SMILES string of the molecule is Cc1cc(OCCS(N)(=O)=O)ccc1Br. The molecule has 0 spiro atoms. The maximum atomic E-state index is 10.6. The predicted octanol–water partition coefficient (Wildman–Crippen LogP) is 1.42. The third-order valence-corrected chi connectivity index (χ3v) is 3.39. The van der Waals surface area contributed by atoms with Crippen molar-refractivity contribution in [2.24, 2.45) is 5.14 Å². The van der Waals surface area contributed by atoms with Gasteiger partial charge in [-0.3, -0.25) is 0 Å². The first-order valence-corrected chi connectivity index (χ1v) is 6.79. The van der Waals surface area contributed by atoms with Gasteiger partial charge >= 0.3 is 0 Å². The van der Waals surface area contributed by atoms with Crippen LogP contribution < -0.4 is 9.88 Å². The number of halogens is 1. The minimum Gasteiger partial charge on any atom is -0.492 e. The molecule has 1 aromatic rings. The summed E-state index contributed by atoms with van der Waals surface area (Å²) in [5.74, 6) is 0.460. The minimum absolute atomic E-state index is 0.0694. The third-order valence-electron chi connectivity index (χ3n) is 1.77. The highest BCUT2D eigenvalue weighted by molar-refractivity contribution is 9.10. The lowest BCUT2D eigenvalue weighted by atomic mass is 10.2. The highest BCUT2D eigenvalue weighted by Crippen LogP contribution is 2.21. The van der Waals surface area contributed by atoms with Crippen molar-refractivity contribution in [3.63, 3.8) is 0 Å². The summed E-state index contributed by atoms with van der Waals surface area (Å²) in [7, 11) is -3.45. The smallest absolute Gasteiger partial charge is 0.212 e. The summed E-state index contributed by atoms with van der Waals surface area (Å²) in [6, 6.07) is 5.44. The van der Waals surface area contributed by atoms with Crippen LogP contribution in [0.2, 0.25) is 0 Å². The van der Waals surface area contributed by atoms with Gasteiger partial charge in [0.15, 0.2) is 0 Å². The monoisotopic (exact) mass is 293 g/mol. The van der Waals surface area contributed by atoms with Crippen LogP contribution in [0, 0.1) is 6.92 Å². The molecule has 0 atom stereocenters. The van der Waals surface area contributed by atoms with Crippen LogP contribution in [0.25, 0.3) is 0 Å². The fourth-order valence-corrected chi connectivity index (χ4v) is 1.54. The van der Waals surface area contributed by atoms with Gasteiger partial charge < -0.3 is 4.74 Å². The first-order valence-electron chi connectivity index (χ1n) is 4.28. The Morgan fingerprint density at radius 1 is 1.47 bits per heavy atom. The number of benzene rings is 1. The molecule has 0 heterocycles. The van der Waals surface area contributed by atoms with E-state index in [-0.39, 0.29) is 12.4 Å². The molecule has 0 aliphatic rings. The number of ether oxygens (including phenoxy) is 1. The topological polar surface area (TPSA) is 69.4 Å². The Morgan fingerprint density at radius 3 is 2.67 bits per heavy atom. The van der Waals surface area contributed by atoms with Crippen molar-refractivity contribution in [2.45, 2.75) is 6.92 Å². The Balaban J connectivity index is 2.55. The summed E-state index contributed by atoms with van der Waals surface area (Å²) in [4.78, 5) is 0. The summed E-state index contributed by atoms with van der Waals surface area (Å²) < 4.78 is 27.5. The van der Waals surface area contributed by atoms with Gasteiger partial charge in [0.2, 0.25) is 10.0 Å². The zero-order chi connectivity index (χ0) is 11.5. The fraction of sp³-hybridized carbons (Fsp3) is 0.333. The number of sulfonamides is 1. The van der Waals surface area contributed by atoms with E-state index in [4.69, 9.17) is 9.88 Å². The van der Waals surface area contributed by atoms with E-state index in [9.17, 15) is 8.42 Å². The molecular weight excluding hydrogens is 282 g/mol. The van der Waals surface area contributed by atoms with E-state index in [0.29, 0.717) is 5.75 Å². The summed E-state index contributed by atoms with van der Waals surface area (Å²) in [5, 5.41) is 4.84. The second-order valence-corrected chi connectivity index (χ2v) is 5.71. The molecule has 1 aromatic carbocycles. The molecule has 0 aliphatic carbocycles. The molecule has 0 unspecified atom stereocenters. The number of hydrogen-bond acceptors (Lipinski definition) is 3. The molecule has 0 aromatic heterocycles. The molecular formula is C9H12BrNO3S. The Kier molecular flexibility index (Phi) is 4.12. The fourth-order valence-electron chi connectivity index (χ4n) is 0.983. The second kappa shape index (κ2) is 4.96. The summed E-state index contributed by atoms with van der Waals surface area (Å²) in [6.07, 6.45) is 0. The van der Waals surface area contributed by atoms with Gasteiger partial charge in [-0.1, -0.05) is 15.9 Å². The third kappa shape index (κ3) is 4.63. The van der Waals surface area contributed by atoms with Crippen LogP contribution >= 0.6 is 15.9 Å². The molecule has 0 saturated heterocycles. The maximum Gasteiger partial charge on any atom is 0.212 e. The Bertz CT molecular complexity index is 445. The zero-order valence-corrected chi connectivity index (χ0v) is 10.6. The van der Waals surface area contributed by atoms with Gasteiger partial charge in [-0.2, -0.15) is 0 Å². The van der Waals surface area contributed by atoms with Gasteiger partial charge in [-0.25, -0.2) is 13.6 Å². The first kappa shape index (κ1) is 12.5. The molecule has 1 rings (SSSR count). The molecule has 84 valence electrons. The number of rotatable bonds is 4. The van der Waals surface area contributed by atoms with Crippen molar-refractivity contribution in [3.8, 4) is 5.75 Å². The van der Waals surface area contributed by atoms with Crippen molar-refractivity contribution in [1.29, 1.82) is 0 Å². The largest absolute Gasteiger partial charge is 0.492 e. The number of nitrogens with two attached hydrogens (primary N) is 1. The van der Waals surface area contributed by atoms with E-state index < -0.39 is 10.0 Å². The Morgan fingerprint density at radius 2 is 2.13 bits per heavy atom. The van der Waals surface area contributed by atoms with Crippen molar-refractivity contribution < 1.29 is 13.2 Å². The molecule has 2 N–H and O–H groups in total. The quantitative estimate of drug-likeness (QED) is 0.913. The highest BCUT2D eigenvalue weighted by Gasteiger charge is 2.03. The lowest BCUT2D eigenvalue weighted by molar-refractivity contribution is 0.340. The molecule has 0 fully saturated rings. The van der Waals surface area contributed by atoms with Gasteiger partial charge in [0.05, 0.1) is 5.75 Å². The molecule has 6 heteroatoms. The lowest BCUT2D eigenvalue weighted by Gasteiger charge is -2.06. The number of aryl methyl sites for hydroxylation is 1. The molecule has 0 saturated carbocycles. The van der Waals surface area contributed by atoms with E-state index in [1.54, 1.807) is 6.07 Å². The maximum absolute atomic E-state index is 10.6. The molecule has 0 amide bonds. The van der Waals surface area contributed by atoms with Gasteiger partial charge in [-0.05, 0) is 30.7 Å². The summed E-state index contributed by atoms with van der Waals surface area (Å²) >= 11 is 3.36. The Labute approximate surface area is 97.6 Å². The van der Waals surface area contributed by atoms with E-state index in [1.165, 1.54) is 0 Å². The number of hydrogen-bond donors (Lipinski definition) is 1. The minimum atomic E-state index is -3.45. The average Bonchev–Trinajstić information content (AvgIpc) is 2.09. The lowest BCUT2D eigenvalue weighted by Crippen LogP contribution is -2.21. The zero-order valence-electron chi connectivity index (χ0n) is 8.23. The highest BCUT2D eigenvalue weighted by atomic mass is 79.9. The van der Waals surface area contributed by atoms with Crippen LogP contribution in [0.3, 0.4) is 0 Å². The molecule has 0 aliphatic heterocycles. The van der Waals surface area contributed by atoms with Crippen LogP contribution in [-0.4, -0.2) is 20.8 Å². The van der Waals surface area contributed by atoms with Crippen molar-refractivity contribution in [3.05, 3.63) is 28.2 Å². The van der Waals surface area contributed by atoms with Crippen LogP contribution in [-0.2, 0) is 10.0 Å². The van der Waals surface area contributed by atoms with Crippen LogP contribution in [0.4, 0.5) is 0 Å². The molecule has 0 bridgehead atoms. The summed E-state index contributed by atoms with van der Waals surface area (Å²) in [5.41, 5.74) is 1.03. The summed E-state index contributed by atoms with van der Waals surface area (Å²) in [6.45, 7) is 2.00. The predicted molar refractivity (Wildman–Crippen MR) is 62.3 cm³/mol. The standard InChI is InChI=1S/C9H12BrNO3S/c1-7-6-8(2-3-9(7)10)14-4-5-15(11,12)13/h2-3,6H,4-5H2,1H3,(H2,11,12,13). The molecule has 4 nitrogen and oxygen atoms in total. The van der Waals surface area contributed by atoms with Gasteiger partial charge in [0.1, 0.15) is 12.4 Å². The Hall–Kier alpha value is -0.590. The van der Waals surface area contributed by atoms with Crippen molar-refractivity contribution in [1.82, 2.24) is 0 Å². The van der Waals surface area contributed by atoms with Gasteiger partial charge in [0, 0.05) is 4.47 Å². The van der Waals surface area contributed by atoms with Crippen molar-refractivity contribution in [2.75, 3.05) is 12.4 Å². The van der Waals surface area contributed by atoms with Crippen molar-refractivity contribution >= 4 is 26.0 Å². The normalized spacial score (nSPS) is 11.4. The van der Waals surface area contributed by atoms with E-state index >= 15 is 0 Å². The van der Waals surface area contributed by atoms with Crippen LogP contribution in [0.1, 0.15) is 5.56 Å². The first-order chi connectivity index (χ1) is 6.88. The van der Waals surface area contributed by atoms with E-state index in [1.807, 2.05) is 19.1 Å². The van der Waals surface area contributed by atoms with Gasteiger partial charge in [-0.15, -0.1) is 0 Å². The van der Waals surface area contributed by atoms with Gasteiger partial charge in [0.25, 0.3) is 0 Å². The molecule has 0 radical (unpaired) electrons. The average molecular weight is 294 g/mol. The van der Waals surface area contributed by atoms with Crippen LogP contribution in [0.15, 0.2) is 22.7 Å². The second-order valence-electron chi connectivity index (χ2n) is 3.13. The van der Waals surface area contributed by atoms with Crippen LogP contribution in [0.5, 0.6) is 5.75 Å².